The smallest absolute Gasteiger partial charge is 0.165 e. The van der Waals surface area contributed by atoms with Crippen molar-refractivity contribution in [3.8, 4) is 12.1 Å². The number of nitrogens with zero attached hydrogens (tertiary/aromatic N) is 3. The first-order chi connectivity index (χ1) is 7.60. The zero-order valence-corrected chi connectivity index (χ0v) is 9.03. The predicted molar refractivity (Wildman–Crippen MR) is 60.0 cm³/mol. The molecule has 0 saturated carbocycles. The van der Waals surface area contributed by atoms with E-state index in [0.717, 1.165) is 5.69 Å². The van der Waals surface area contributed by atoms with Gasteiger partial charge in [0.25, 0.3) is 0 Å². The fraction of sp³-hybridized carbons (Fsp3) is 0.167. The van der Waals surface area contributed by atoms with Gasteiger partial charge in [0.2, 0.25) is 0 Å². The third-order valence-electron chi connectivity index (χ3n) is 2.08. The normalized spacial score (nSPS) is 8.81. The lowest BCUT2D eigenvalue weighted by Crippen LogP contribution is -2.08. The fourth-order valence-electron chi connectivity index (χ4n) is 1.17. The van der Waals surface area contributed by atoms with Gasteiger partial charge in [0, 0.05) is 25.3 Å². The minimum atomic E-state index is -0.782. The summed E-state index contributed by atoms with van der Waals surface area (Å²) in [6, 6.07) is 9.57. The lowest BCUT2D eigenvalue weighted by Gasteiger charge is -2.12. The summed E-state index contributed by atoms with van der Waals surface area (Å²) >= 11 is 0. The van der Waals surface area contributed by atoms with E-state index in [4.69, 9.17) is 10.5 Å². The van der Waals surface area contributed by atoms with Crippen LogP contribution >= 0.6 is 0 Å². The van der Waals surface area contributed by atoms with E-state index in [1.165, 1.54) is 12.1 Å². The van der Waals surface area contributed by atoms with Gasteiger partial charge in [0.1, 0.15) is 12.1 Å². The molecule has 0 unspecified atom stereocenters. The minimum Gasteiger partial charge on any atom is -0.378 e. The van der Waals surface area contributed by atoms with Crippen molar-refractivity contribution in [1.29, 1.82) is 10.5 Å². The molecule has 4 heteroatoms. The van der Waals surface area contributed by atoms with Crippen LogP contribution in [0.15, 0.2) is 29.8 Å². The Kier molecular flexibility index (Phi) is 3.63. The van der Waals surface area contributed by atoms with Crippen molar-refractivity contribution in [2.24, 2.45) is 0 Å². The van der Waals surface area contributed by atoms with Gasteiger partial charge in [-0.25, -0.2) is 4.39 Å². The van der Waals surface area contributed by atoms with E-state index in [9.17, 15) is 4.39 Å². The maximum atomic E-state index is 13.6. The number of benzene rings is 1. The average molecular weight is 215 g/mol. The minimum absolute atomic E-state index is 0.240. The largest absolute Gasteiger partial charge is 0.378 e. The summed E-state index contributed by atoms with van der Waals surface area (Å²) in [5.74, 6) is -0.782. The molecule has 3 nitrogen and oxygen atoms in total. The van der Waals surface area contributed by atoms with E-state index >= 15 is 0 Å². The predicted octanol–water partition coefficient (Wildman–Crippen LogP) is 2.48. The molecule has 1 aromatic carbocycles. The third-order valence-corrected chi connectivity index (χ3v) is 2.08. The van der Waals surface area contributed by atoms with Crippen LogP contribution in [0, 0.1) is 22.7 Å². The van der Waals surface area contributed by atoms with Crippen molar-refractivity contribution in [3.05, 3.63) is 35.4 Å². The van der Waals surface area contributed by atoms with Crippen LogP contribution in [-0.4, -0.2) is 14.1 Å². The van der Waals surface area contributed by atoms with Gasteiger partial charge >= 0.3 is 0 Å². The van der Waals surface area contributed by atoms with Crippen LogP contribution in [-0.2, 0) is 0 Å². The maximum Gasteiger partial charge on any atom is 0.165 e. The SMILES string of the molecule is CN(C)c1ccc(C(F)=C(C#N)C#N)cc1. The Morgan fingerprint density at radius 2 is 1.62 bits per heavy atom. The number of halogens is 1. The highest BCUT2D eigenvalue weighted by molar-refractivity contribution is 5.71. The molecular formula is C12H10FN3. The van der Waals surface area contributed by atoms with Gasteiger partial charge in [-0.2, -0.15) is 10.5 Å². The maximum absolute atomic E-state index is 13.6. The molecule has 0 bridgehead atoms. The van der Waals surface area contributed by atoms with Crippen molar-refractivity contribution in [1.82, 2.24) is 0 Å². The highest BCUT2D eigenvalue weighted by Gasteiger charge is 2.08. The summed E-state index contributed by atoms with van der Waals surface area (Å²) in [6.07, 6.45) is 0. The molecule has 0 heterocycles. The van der Waals surface area contributed by atoms with Crippen LogP contribution in [0.2, 0.25) is 0 Å². The molecule has 0 spiro atoms. The second-order valence-electron chi connectivity index (χ2n) is 3.35. The molecule has 0 N–H and O–H groups in total. The first kappa shape index (κ1) is 11.7. The fourth-order valence-corrected chi connectivity index (χ4v) is 1.17. The Bertz CT molecular complexity index is 470. The van der Waals surface area contributed by atoms with E-state index in [-0.39, 0.29) is 5.56 Å². The molecular weight excluding hydrogens is 205 g/mol. The van der Waals surface area contributed by atoms with Crippen molar-refractivity contribution in [3.63, 3.8) is 0 Å². The van der Waals surface area contributed by atoms with E-state index in [2.05, 4.69) is 0 Å². The van der Waals surface area contributed by atoms with Gasteiger partial charge in [0.15, 0.2) is 11.4 Å². The molecule has 1 aromatic rings. The zero-order chi connectivity index (χ0) is 12.1. The van der Waals surface area contributed by atoms with Crippen LogP contribution < -0.4 is 4.90 Å². The van der Waals surface area contributed by atoms with E-state index in [1.807, 2.05) is 19.0 Å². The Hall–Kier alpha value is -2.33. The van der Waals surface area contributed by atoms with Crippen LogP contribution in [0.3, 0.4) is 0 Å². The van der Waals surface area contributed by atoms with E-state index in [1.54, 1.807) is 24.3 Å². The number of hydrogen-bond donors (Lipinski definition) is 0. The first-order valence-corrected chi connectivity index (χ1v) is 4.58. The van der Waals surface area contributed by atoms with Crippen LogP contribution in [0.1, 0.15) is 5.56 Å². The van der Waals surface area contributed by atoms with Gasteiger partial charge in [0.05, 0.1) is 0 Å². The second-order valence-corrected chi connectivity index (χ2v) is 3.35. The highest BCUT2D eigenvalue weighted by Crippen LogP contribution is 2.22. The van der Waals surface area contributed by atoms with Gasteiger partial charge in [-0.1, -0.05) is 0 Å². The summed E-state index contributed by atoms with van der Waals surface area (Å²) in [7, 11) is 3.74. The number of rotatable bonds is 2. The molecule has 0 aliphatic rings. The molecule has 0 aliphatic heterocycles. The molecule has 80 valence electrons. The van der Waals surface area contributed by atoms with Crippen molar-refractivity contribution < 1.29 is 4.39 Å². The number of allylic oxidation sites excluding steroid dienone is 1. The topological polar surface area (TPSA) is 50.8 Å². The van der Waals surface area contributed by atoms with Crippen molar-refractivity contribution in [2.45, 2.75) is 0 Å². The summed E-state index contributed by atoms with van der Waals surface area (Å²) in [5, 5.41) is 17.0. The summed E-state index contributed by atoms with van der Waals surface area (Å²) in [5.41, 5.74) is 0.660. The molecule has 0 radical (unpaired) electrons. The lowest BCUT2D eigenvalue weighted by atomic mass is 10.1. The Morgan fingerprint density at radius 3 is 2.00 bits per heavy atom. The molecule has 0 fully saturated rings. The van der Waals surface area contributed by atoms with Crippen molar-refractivity contribution in [2.75, 3.05) is 19.0 Å². The van der Waals surface area contributed by atoms with Crippen LogP contribution in [0.25, 0.3) is 5.83 Å². The summed E-state index contributed by atoms with van der Waals surface area (Å²) in [4.78, 5) is 1.88. The number of hydrogen-bond acceptors (Lipinski definition) is 3. The van der Waals surface area contributed by atoms with Gasteiger partial charge in [-0.05, 0) is 24.3 Å². The quantitative estimate of drug-likeness (QED) is 0.712. The molecule has 0 saturated heterocycles. The Labute approximate surface area is 93.6 Å². The molecule has 0 atom stereocenters. The van der Waals surface area contributed by atoms with Gasteiger partial charge in [-0.3, -0.25) is 0 Å². The Morgan fingerprint density at radius 1 is 1.12 bits per heavy atom. The summed E-state index contributed by atoms with van der Waals surface area (Å²) in [6.45, 7) is 0. The van der Waals surface area contributed by atoms with Gasteiger partial charge < -0.3 is 4.90 Å². The zero-order valence-electron chi connectivity index (χ0n) is 9.03. The molecule has 0 aliphatic carbocycles. The average Bonchev–Trinajstić information content (AvgIpc) is 2.30. The summed E-state index contributed by atoms with van der Waals surface area (Å²) < 4.78 is 13.6. The molecule has 16 heavy (non-hydrogen) atoms. The third kappa shape index (κ3) is 2.37. The van der Waals surface area contributed by atoms with Crippen LogP contribution in [0.5, 0.6) is 0 Å². The van der Waals surface area contributed by atoms with Crippen molar-refractivity contribution >= 4 is 11.5 Å². The first-order valence-electron chi connectivity index (χ1n) is 4.58. The molecule has 0 aromatic heterocycles. The Balaban J connectivity index is 3.14. The van der Waals surface area contributed by atoms with Gasteiger partial charge in [-0.15, -0.1) is 0 Å². The standard InChI is InChI=1S/C12H10FN3/c1-16(2)11-5-3-9(4-6-11)12(13)10(7-14)8-15/h3-6H,1-2H3. The second kappa shape index (κ2) is 4.95. The lowest BCUT2D eigenvalue weighted by molar-refractivity contribution is 0.756. The van der Waals surface area contributed by atoms with E-state index in [0.29, 0.717) is 0 Å². The number of anilines is 1. The molecule has 0 amide bonds. The monoisotopic (exact) mass is 215 g/mol. The van der Waals surface area contributed by atoms with E-state index < -0.39 is 11.4 Å². The van der Waals surface area contributed by atoms with Crippen LogP contribution in [0.4, 0.5) is 10.1 Å². The highest BCUT2D eigenvalue weighted by atomic mass is 19.1. The number of nitriles is 2. The molecule has 1 rings (SSSR count).